The van der Waals surface area contributed by atoms with Crippen molar-refractivity contribution < 1.29 is 64.5 Å². The average Bonchev–Trinajstić information content (AvgIpc) is 3.36. The molecule has 0 radical (unpaired) electrons. The van der Waals surface area contributed by atoms with Gasteiger partial charge in [-0.2, -0.15) is 0 Å². The number of rotatable bonds is 16. The maximum atomic E-state index is 11.5. The molecule has 19 nitrogen and oxygen atoms in total. The van der Waals surface area contributed by atoms with Crippen LogP contribution in [0.2, 0.25) is 0 Å². The van der Waals surface area contributed by atoms with E-state index in [-0.39, 0.29) is 0 Å². The Morgan fingerprint density at radius 2 is 1.47 bits per heavy atom. The molecule has 1 aliphatic carbocycles. The molecule has 3 fully saturated rings. The van der Waals surface area contributed by atoms with Gasteiger partial charge >= 0.3 is 6.02 Å². The van der Waals surface area contributed by atoms with Crippen LogP contribution in [-0.2, 0) is 23.7 Å². The molecule has 2 heterocycles. The molecule has 2 saturated heterocycles. The lowest BCUT2D eigenvalue weighted by Gasteiger charge is -2.47. The highest BCUT2D eigenvalue weighted by Gasteiger charge is 2.60. The van der Waals surface area contributed by atoms with Crippen molar-refractivity contribution in [1.29, 1.82) is 10.8 Å². The second kappa shape index (κ2) is 21.0. The van der Waals surface area contributed by atoms with E-state index in [4.69, 9.17) is 40.2 Å². The molecule has 0 aromatic carbocycles. The lowest BCUT2D eigenvalue weighted by molar-refractivity contribution is -0.319. The first-order valence-electron chi connectivity index (χ1n) is 18.4. The first kappa shape index (κ1) is 46.5. The molecule has 2 aliphatic heterocycles. The lowest BCUT2D eigenvalue weighted by Crippen LogP contribution is -2.71. The number of aliphatic hydroxyl groups excluding tert-OH is 7. The Labute approximate surface area is 321 Å². The first-order chi connectivity index (χ1) is 25.9. The van der Waals surface area contributed by atoms with Gasteiger partial charge in [-0.1, -0.05) is 28.9 Å². The fourth-order valence-electron chi connectivity index (χ4n) is 6.73. The van der Waals surface area contributed by atoms with Crippen molar-refractivity contribution in [2.45, 2.75) is 152 Å². The minimum atomic E-state index is -2.19. The summed E-state index contributed by atoms with van der Waals surface area (Å²) in [7, 11) is 1.44. The number of allylic oxidation sites excluding steroid dienone is 6. The molecular weight excluding hydrogens is 724 g/mol. The topological polar surface area (TPSA) is 318 Å². The van der Waals surface area contributed by atoms with E-state index in [1.807, 2.05) is 6.92 Å². The van der Waals surface area contributed by atoms with Crippen molar-refractivity contribution >= 4 is 18.2 Å². The SMILES string of the molecule is CNC1C(OC2C(OC3C(O)C(O)C(OC(=N)N=C/C=C(\C)CC/C=C(\C)CCC=C(C)C)C(O)C3NC(=N)N)OC(C)C2(O)CO)OC(CO)C(O)C1O. The quantitative estimate of drug-likeness (QED) is 0.0458. The van der Waals surface area contributed by atoms with Gasteiger partial charge in [-0.15, -0.1) is 0 Å². The van der Waals surface area contributed by atoms with Gasteiger partial charge in [0.25, 0.3) is 0 Å². The second-order valence-electron chi connectivity index (χ2n) is 14.6. The van der Waals surface area contributed by atoms with Crippen LogP contribution in [-0.4, -0.2) is 171 Å². The molecule has 0 aromatic rings. The highest BCUT2D eigenvalue weighted by atomic mass is 16.8. The van der Waals surface area contributed by atoms with Crippen LogP contribution >= 0.6 is 0 Å². The van der Waals surface area contributed by atoms with Gasteiger partial charge < -0.3 is 80.9 Å². The predicted molar refractivity (Wildman–Crippen MR) is 200 cm³/mol. The molecule has 0 aromatic heterocycles. The predicted octanol–water partition coefficient (Wildman–Crippen LogP) is -1.99. The Morgan fingerprint density at radius 3 is 2.07 bits per heavy atom. The summed E-state index contributed by atoms with van der Waals surface area (Å²) in [6, 6.07) is -3.30. The molecule has 19 heteroatoms. The van der Waals surface area contributed by atoms with Gasteiger partial charge in [0.05, 0.1) is 31.4 Å². The first-order valence-corrected chi connectivity index (χ1v) is 18.4. The second-order valence-corrected chi connectivity index (χ2v) is 14.6. The molecule has 0 amide bonds. The Kier molecular flexibility index (Phi) is 17.8. The van der Waals surface area contributed by atoms with E-state index < -0.39 is 116 Å². The van der Waals surface area contributed by atoms with Crippen LogP contribution in [0.5, 0.6) is 0 Å². The molecule has 3 rings (SSSR count). The Balaban J connectivity index is 1.75. The van der Waals surface area contributed by atoms with Gasteiger partial charge in [0.15, 0.2) is 24.6 Å². The summed E-state index contributed by atoms with van der Waals surface area (Å²) in [5.41, 5.74) is 6.99. The standard InChI is InChI=1S/C36H62N6O13/c1-17(2)9-7-10-18(3)11-8-12-19(4)13-14-41-35(39)54-30-26(47)22(42-34(37)38)29(27(48)28(30)49)53-33-31(36(50,16-44)20(5)51-33)55-32-23(40-6)25(46)24(45)21(15-43)52-32/h9,11,13-14,20-33,39-40,43-50H,7-8,10,12,15-16H2,1-6H3,(H4,37,38,42)/b18-11+,19-13+,39-35?,41-14?. The van der Waals surface area contributed by atoms with Crippen LogP contribution in [0.25, 0.3) is 0 Å². The number of aliphatic hydroxyl groups is 8. The largest absolute Gasteiger partial charge is 0.455 e. The number of amidine groups is 1. The van der Waals surface area contributed by atoms with Gasteiger partial charge in [-0.25, -0.2) is 10.4 Å². The van der Waals surface area contributed by atoms with E-state index in [0.717, 1.165) is 31.3 Å². The van der Waals surface area contributed by atoms with Crippen LogP contribution in [0.1, 0.15) is 60.3 Å². The zero-order valence-corrected chi connectivity index (χ0v) is 32.3. The van der Waals surface area contributed by atoms with Crippen LogP contribution in [0.4, 0.5) is 0 Å². The number of ether oxygens (including phenoxy) is 5. The number of likely N-dealkylation sites (N-methyl/N-ethyl adjacent to an activating group) is 1. The summed E-state index contributed by atoms with van der Waals surface area (Å²) in [6.07, 6.45) is -8.18. The summed E-state index contributed by atoms with van der Waals surface area (Å²) in [6.45, 7) is 7.92. The van der Waals surface area contributed by atoms with Crippen LogP contribution in [0, 0.1) is 10.8 Å². The molecule has 0 bridgehead atoms. The Bertz CT molecular complexity index is 1400. The lowest BCUT2D eigenvalue weighted by atomic mass is 9.82. The number of guanidine groups is 1. The van der Waals surface area contributed by atoms with Gasteiger partial charge in [0.1, 0.15) is 54.4 Å². The number of hydrogen-bond acceptors (Lipinski definition) is 16. The summed E-state index contributed by atoms with van der Waals surface area (Å²) < 4.78 is 29.0. The average molecular weight is 787 g/mol. The van der Waals surface area contributed by atoms with Gasteiger partial charge in [-0.05, 0) is 73.4 Å². The van der Waals surface area contributed by atoms with Crippen molar-refractivity contribution in [3.63, 3.8) is 0 Å². The van der Waals surface area contributed by atoms with Gasteiger partial charge in [0.2, 0.25) is 0 Å². The van der Waals surface area contributed by atoms with Crippen molar-refractivity contribution in [3.05, 3.63) is 34.9 Å². The van der Waals surface area contributed by atoms with E-state index in [0.29, 0.717) is 0 Å². The maximum absolute atomic E-state index is 11.5. The van der Waals surface area contributed by atoms with Crippen molar-refractivity contribution in [1.82, 2.24) is 10.6 Å². The molecular formula is C36H62N6O13. The monoisotopic (exact) mass is 786 g/mol. The molecule has 1 saturated carbocycles. The highest BCUT2D eigenvalue weighted by Crippen LogP contribution is 2.39. The van der Waals surface area contributed by atoms with E-state index in [1.165, 1.54) is 31.3 Å². The zero-order chi connectivity index (χ0) is 41.2. The Hall–Kier alpha value is -2.89. The van der Waals surface area contributed by atoms with Gasteiger partial charge in [0, 0.05) is 6.21 Å². The zero-order valence-electron chi connectivity index (χ0n) is 32.3. The summed E-state index contributed by atoms with van der Waals surface area (Å²) in [5.74, 6) is -0.665. The smallest absolute Gasteiger partial charge is 0.309 e. The fourth-order valence-corrected chi connectivity index (χ4v) is 6.73. The van der Waals surface area contributed by atoms with Crippen LogP contribution < -0.4 is 16.4 Å². The van der Waals surface area contributed by atoms with E-state index in [2.05, 4.69) is 48.5 Å². The normalized spacial score (nSPS) is 38.6. The number of hydrogen-bond donors (Lipinski definition) is 13. The number of nitrogens with two attached hydrogens (primary N) is 1. The molecule has 15 atom stereocenters. The highest BCUT2D eigenvalue weighted by molar-refractivity contribution is 5.86. The summed E-state index contributed by atoms with van der Waals surface area (Å²) >= 11 is 0. The van der Waals surface area contributed by atoms with E-state index in [1.54, 1.807) is 6.08 Å². The van der Waals surface area contributed by atoms with Gasteiger partial charge in [-0.3, -0.25) is 5.41 Å². The maximum Gasteiger partial charge on any atom is 0.309 e. The minimum Gasteiger partial charge on any atom is -0.455 e. The molecule has 314 valence electrons. The minimum absolute atomic E-state index is 0.665. The third-order valence-electron chi connectivity index (χ3n) is 10.1. The van der Waals surface area contributed by atoms with E-state index in [9.17, 15) is 40.9 Å². The summed E-state index contributed by atoms with van der Waals surface area (Å²) in [4.78, 5) is 3.94. The fraction of sp³-hybridized carbons (Fsp3) is 0.750. The Morgan fingerprint density at radius 1 is 0.836 bits per heavy atom. The van der Waals surface area contributed by atoms with Crippen LogP contribution in [0.15, 0.2) is 39.9 Å². The third-order valence-corrected chi connectivity index (χ3v) is 10.1. The third kappa shape index (κ3) is 11.8. The van der Waals surface area contributed by atoms with Crippen molar-refractivity contribution in [2.24, 2.45) is 10.7 Å². The summed E-state index contributed by atoms with van der Waals surface area (Å²) in [5, 5.41) is 108. The molecule has 0 spiro atoms. The van der Waals surface area contributed by atoms with Crippen molar-refractivity contribution in [2.75, 3.05) is 20.3 Å². The molecule has 15 unspecified atom stereocenters. The van der Waals surface area contributed by atoms with Crippen LogP contribution in [0.3, 0.4) is 0 Å². The number of aliphatic imine (C=N–C) groups is 1. The molecule has 3 aliphatic rings. The number of nitrogens with zero attached hydrogens (tertiary/aromatic N) is 1. The molecule has 14 N–H and O–H groups in total. The van der Waals surface area contributed by atoms with Crippen molar-refractivity contribution in [3.8, 4) is 0 Å². The van der Waals surface area contributed by atoms with E-state index >= 15 is 0 Å². The molecule has 55 heavy (non-hydrogen) atoms. The number of nitrogens with one attached hydrogen (secondary N) is 4.